The van der Waals surface area contributed by atoms with Crippen LogP contribution in [-0.4, -0.2) is 22.7 Å². The topological polar surface area (TPSA) is 119 Å². The lowest BCUT2D eigenvalue weighted by Gasteiger charge is -2.16. The Kier molecular flexibility index (Phi) is 6.31. The Bertz CT molecular complexity index is 1350. The van der Waals surface area contributed by atoms with Crippen LogP contribution in [0.4, 0.5) is 17.1 Å². The lowest BCUT2D eigenvalue weighted by molar-refractivity contribution is -0.384. The van der Waals surface area contributed by atoms with Crippen molar-refractivity contribution in [2.75, 3.05) is 10.2 Å². The molecule has 0 bridgehead atoms. The summed E-state index contributed by atoms with van der Waals surface area (Å²) >= 11 is 12.2. The van der Waals surface area contributed by atoms with Gasteiger partial charge in [-0.3, -0.25) is 19.7 Å². The molecule has 0 aromatic heterocycles. The molecule has 0 aliphatic carbocycles. The van der Waals surface area contributed by atoms with Gasteiger partial charge in [0.25, 0.3) is 17.5 Å². The molecule has 0 atom stereocenters. The molecule has 0 spiro atoms. The highest BCUT2D eigenvalue weighted by molar-refractivity contribution is 6.53. The third-order valence-electron chi connectivity index (χ3n) is 4.77. The summed E-state index contributed by atoms with van der Waals surface area (Å²) in [4.78, 5) is 48.8. The van der Waals surface area contributed by atoms with Crippen LogP contribution in [0.2, 0.25) is 5.02 Å². The average molecular weight is 498 g/mol. The van der Waals surface area contributed by atoms with Gasteiger partial charge in [-0.2, -0.15) is 0 Å². The number of nitrogens with one attached hydrogen (secondary N) is 1. The molecule has 1 aliphatic rings. The molecule has 0 fully saturated rings. The Labute approximate surface area is 202 Å². The maximum absolute atomic E-state index is 12.9. The summed E-state index contributed by atoms with van der Waals surface area (Å²) < 4.78 is 5.20. The number of halogens is 2. The number of esters is 1. The molecule has 1 heterocycles. The first-order valence-corrected chi connectivity index (χ1v) is 10.4. The van der Waals surface area contributed by atoms with E-state index in [0.29, 0.717) is 5.69 Å². The van der Waals surface area contributed by atoms with E-state index in [0.717, 1.165) is 4.90 Å². The Morgan fingerprint density at radius 3 is 2.18 bits per heavy atom. The second kappa shape index (κ2) is 9.34. The summed E-state index contributed by atoms with van der Waals surface area (Å²) in [5.41, 5.74) is 0.528. The van der Waals surface area contributed by atoms with Crippen molar-refractivity contribution < 1.29 is 24.0 Å². The van der Waals surface area contributed by atoms with E-state index in [1.165, 1.54) is 54.6 Å². The molecule has 11 heteroatoms. The lowest BCUT2D eigenvalue weighted by Crippen LogP contribution is -2.32. The summed E-state index contributed by atoms with van der Waals surface area (Å²) in [5.74, 6) is -1.94. The highest BCUT2D eigenvalue weighted by atomic mass is 35.5. The van der Waals surface area contributed by atoms with Crippen LogP contribution >= 0.6 is 23.2 Å². The number of para-hydroxylation sites is 1. The number of nitro groups is 1. The Hall–Kier alpha value is -4.21. The summed E-state index contributed by atoms with van der Waals surface area (Å²) in [5, 5.41) is 13.4. The molecule has 0 unspecified atom stereocenters. The molecule has 34 heavy (non-hydrogen) atoms. The van der Waals surface area contributed by atoms with Crippen LogP contribution in [-0.2, 0) is 9.59 Å². The fraction of sp³-hybridized carbons (Fsp3) is 0. The van der Waals surface area contributed by atoms with E-state index < -0.39 is 22.7 Å². The number of ether oxygens (including phenoxy) is 1. The largest absolute Gasteiger partial charge is 0.423 e. The predicted molar refractivity (Wildman–Crippen MR) is 125 cm³/mol. The van der Waals surface area contributed by atoms with E-state index >= 15 is 0 Å². The predicted octanol–water partition coefficient (Wildman–Crippen LogP) is 4.90. The van der Waals surface area contributed by atoms with Crippen LogP contribution in [0.5, 0.6) is 5.75 Å². The number of carbonyl (C=O) groups excluding carboxylic acids is 3. The number of non-ortho nitro benzene ring substituents is 1. The SMILES string of the molecule is O=C(Oc1ccc([N+](=O)[O-])cc1)c1ccc(NC2=C(Cl)C(=O)N(c3ccccc3Cl)C2=O)cc1. The van der Waals surface area contributed by atoms with Gasteiger partial charge < -0.3 is 10.1 Å². The molecule has 9 nitrogen and oxygen atoms in total. The van der Waals surface area contributed by atoms with E-state index in [2.05, 4.69) is 5.32 Å². The molecule has 3 aromatic rings. The number of benzene rings is 3. The number of nitro benzene ring substituents is 1. The molecule has 170 valence electrons. The molecule has 1 N–H and O–H groups in total. The number of hydrogen-bond acceptors (Lipinski definition) is 7. The quantitative estimate of drug-likeness (QED) is 0.169. The van der Waals surface area contributed by atoms with Gasteiger partial charge in [0.1, 0.15) is 16.5 Å². The van der Waals surface area contributed by atoms with E-state index in [1.807, 2.05) is 0 Å². The second-order valence-corrected chi connectivity index (χ2v) is 7.71. The lowest BCUT2D eigenvalue weighted by atomic mass is 10.2. The van der Waals surface area contributed by atoms with E-state index in [9.17, 15) is 24.5 Å². The molecular weight excluding hydrogens is 485 g/mol. The van der Waals surface area contributed by atoms with Crippen LogP contribution in [0.25, 0.3) is 0 Å². The number of hydrogen-bond donors (Lipinski definition) is 1. The minimum absolute atomic E-state index is 0.128. The maximum Gasteiger partial charge on any atom is 0.343 e. The van der Waals surface area contributed by atoms with Crippen molar-refractivity contribution in [3.8, 4) is 5.75 Å². The molecule has 4 rings (SSSR count). The van der Waals surface area contributed by atoms with Crippen molar-refractivity contribution in [3.63, 3.8) is 0 Å². The summed E-state index contributed by atoms with van der Waals surface area (Å²) in [6.07, 6.45) is 0. The number of anilines is 2. The molecule has 0 saturated heterocycles. The standard InChI is InChI=1S/C23H13Cl2N3O6/c24-17-3-1-2-4-18(17)27-21(29)19(25)20(22(27)30)26-14-7-5-13(6-8-14)23(31)34-16-11-9-15(10-12-16)28(32)33/h1-12,26H. The van der Waals surface area contributed by atoms with Gasteiger partial charge in [-0.25, -0.2) is 9.69 Å². The molecule has 2 amide bonds. The monoisotopic (exact) mass is 497 g/mol. The second-order valence-electron chi connectivity index (χ2n) is 6.93. The first-order valence-electron chi connectivity index (χ1n) is 9.63. The summed E-state index contributed by atoms with van der Waals surface area (Å²) in [6, 6.07) is 17.3. The first-order chi connectivity index (χ1) is 16.3. The van der Waals surface area contributed by atoms with Gasteiger partial charge in [0.05, 0.1) is 21.2 Å². The van der Waals surface area contributed by atoms with Gasteiger partial charge in [-0.05, 0) is 48.5 Å². The zero-order chi connectivity index (χ0) is 24.4. The van der Waals surface area contributed by atoms with Crippen LogP contribution in [0.15, 0.2) is 83.5 Å². The number of rotatable bonds is 6. The highest BCUT2D eigenvalue weighted by Gasteiger charge is 2.39. The Morgan fingerprint density at radius 1 is 0.912 bits per heavy atom. The Balaban J connectivity index is 1.46. The molecular formula is C23H13Cl2N3O6. The molecule has 1 aliphatic heterocycles. The van der Waals surface area contributed by atoms with Gasteiger partial charge in [0, 0.05) is 17.8 Å². The third-order valence-corrected chi connectivity index (χ3v) is 5.44. The normalized spacial score (nSPS) is 13.3. The van der Waals surface area contributed by atoms with Crippen molar-refractivity contribution in [2.45, 2.75) is 0 Å². The highest BCUT2D eigenvalue weighted by Crippen LogP contribution is 2.34. The third kappa shape index (κ3) is 4.47. The van der Waals surface area contributed by atoms with Crippen LogP contribution in [0.1, 0.15) is 10.4 Å². The maximum atomic E-state index is 12.9. The van der Waals surface area contributed by atoms with Crippen molar-refractivity contribution in [2.24, 2.45) is 0 Å². The minimum Gasteiger partial charge on any atom is -0.423 e. The number of amides is 2. The fourth-order valence-electron chi connectivity index (χ4n) is 3.10. The summed E-state index contributed by atoms with van der Waals surface area (Å²) in [7, 11) is 0. The Morgan fingerprint density at radius 2 is 1.56 bits per heavy atom. The summed E-state index contributed by atoms with van der Waals surface area (Å²) in [6.45, 7) is 0. The van der Waals surface area contributed by atoms with E-state index in [4.69, 9.17) is 27.9 Å². The van der Waals surface area contributed by atoms with Crippen LogP contribution in [0, 0.1) is 10.1 Å². The van der Waals surface area contributed by atoms with Gasteiger partial charge >= 0.3 is 5.97 Å². The van der Waals surface area contributed by atoms with Gasteiger partial charge in [-0.1, -0.05) is 35.3 Å². The van der Waals surface area contributed by atoms with Crippen molar-refractivity contribution in [1.29, 1.82) is 0 Å². The van der Waals surface area contributed by atoms with E-state index in [-0.39, 0.29) is 38.4 Å². The van der Waals surface area contributed by atoms with Gasteiger partial charge in [0.15, 0.2) is 0 Å². The minimum atomic E-state index is -0.717. The van der Waals surface area contributed by atoms with Crippen molar-refractivity contribution >= 4 is 58.0 Å². The van der Waals surface area contributed by atoms with Gasteiger partial charge in [0.2, 0.25) is 0 Å². The van der Waals surface area contributed by atoms with Gasteiger partial charge in [-0.15, -0.1) is 0 Å². The average Bonchev–Trinajstić information content (AvgIpc) is 3.03. The van der Waals surface area contributed by atoms with Crippen LogP contribution < -0.4 is 15.0 Å². The fourth-order valence-corrected chi connectivity index (χ4v) is 3.53. The zero-order valence-electron chi connectivity index (χ0n) is 17.0. The molecule has 0 radical (unpaired) electrons. The molecule has 0 saturated carbocycles. The smallest absolute Gasteiger partial charge is 0.343 e. The molecule has 3 aromatic carbocycles. The number of imide groups is 1. The first kappa shape index (κ1) is 23.0. The number of carbonyl (C=O) groups is 3. The van der Waals surface area contributed by atoms with Crippen LogP contribution in [0.3, 0.4) is 0 Å². The number of nitrogens with zero attached hydrogens (tertiary/aromatic N) is 2. The zero-order valence-corrected chi connectivity index (χ0v) is 18.5. The van der Waals surface area contributed by atoms with Crippen molar-refractivity contribution in [3.05, 3.63) is 104 Å². The van der Waals surface area contributed by atoms with Crippen molar-refractivity contribution in [1.82, 2.24) is 0 Å². The van der Waals surface area contributed by atoms with E-state index in [1.54, 1.807) is 18.2 Å².